The van der Waals surface area contributed by atoms with Gasteiger partial charge < -0.3 is 32.8 Å². The molecule has 45 heavy (non-hydrogen) atoms. The third-order valence-corrected chi connectivity index (χ3v) is 7.77. The maximum Gasteiger partial charge on any atom is 0.307 e. The standard InChI is InChI=1S/C33H35BrN4O7/c1-4-42-30-17-24(28(34)18-31(30)44-21-32(39)37-13-15-41-16-14-37)19-35-36-33(40)29-12-11-27(45-29)20-43-26-9-7-25(8-10-26)38-22(2)5-6-23(38)3/h5-12,17-19H,4,13-16,20-21H2,1-3H3,(H,36,40)/b35-19+. The smallest absolute Gasteiger partial charge is 0.307 e. The minimum Gasteiger partial charge on any atom is -0.490 e. The summed E-state index contributed by atoms with van der Waals surface area (Å²) in [5.74, 6) is 1.51. The van der Waals surface area contributed by atoms with E-state index in [1.807, 2.05) is 31.2 Å². The summed E-state index contributed by atoms with van der Waals surface area (Å²) in [4.78, 5) is 26.9. The summed E-state index contributed by atoms with van der Waals surface area (Å²) < 4.78 is 31.2. The van der Waals surface area contributed by atoms with Gasteiger partial charge in [-0.3, -0.25) is 9.59 Å². The molecule has 1 N–H and O–H groups in total. The minimum atomic E-state index is -0.512. The summed E-state index contributed by atoms with van der Waals surface area (Å²) in [5.41, 5.74) is 6.48. The zero-order chi connectivity index (χ0) is 31.8. The number of benzene rings is 2. The molecule has 4 aromatic rings. The molecule has 1 saturated heterocycles. The van der Waals surface area contributed by atoms with Gasteiger partial charge in [-0.15, -0.1) is 0 Å². The molecule has 1 aliphatic rings. The highest BCUT2D eigenvalue weighted by Crippen LogP contribution is 2.33. The molecule has 0 radical (unpaired) electrons. The van der Waals surface area contributed by atoms with Crippen molar-refractivity contribution < 1.29 is 33.0 Å². The predicted octanol–water partition coefficient (Wildman–Crippen LogP) is 5.43. The highest BCUT2D eigenvalue weighted by Gasteiger charge is 2.19. The largest absolute Gasteiger partial charge is 0.490 e. The van der Waals surface area contributed by atoms with Gasteiger partial charge in [0, 0.05) is 40.2 Å². The molecule has 236 valence electrons. The van der Waals surface area contributed by atoms with Gasteiger partial charge in [0.2, 0.25) is 0 Å². The van der Waals surface area contributed by atoms with E-state index in [9.17, 15) is 9.59 Å². The highest BCUT2D eigenvalue weighted by atomic mass is 79.9. The highest BCUT2D eigenvalue weighted by molar-refractivity contribution is 9.10. The van der Waals surface area contributed by atoms with Crippen LogP contribution in [0, 0.1) is 13.8 Å². The van der Waals surface area contributed by atoms with Crippen molar-refractivity contribution in [2.45, 2.75) is 27.4 Å². The second-order valence-electron chi connectivity index (χ2n) is 10.2. The van der Waals surface area contributed by atoms with Crippen molar-refractivity contribution in [2.24, 2.45) is 5.10 Å². The number of nitrogens with zero attached hydrogens (tertiary/aromatic N) is 3. The molecule has 3 heterocycles. The Hall–Kier alpha value is -4.55. The normalized spacial score (nSPS) is 13.2. The first-order valence-corrected chi connectivity index (χ1v) is 15.4. The summed E-state index contributed by atoms with van der Waals surface area (Å²) in [6.07, 6.45) is 1.47. The fraction of sp³-hybridized carbons (Fsp3) is 0.303. The van der Waals surface area contributed by atoms with Gasteiger partial charge >= 0.3 is 5.91 Å². The number of aryl methyl sites for hydroxylation is 2. The first kappa shape index (κ1) is 31.9. The van der Waals surface area contributed by atoms with Gasteiger partial charge in [0.05, 0.1) is 26.0 Å². The number of ether oxygens (including phenoxy) is 4. The Bertz CT molecular complexity index is 1640. The zero-order valence-electron chi connectivity index (χ0n) is 25.4. The molecule has 2 aromatic carbocycles. The average molecular weight is 680 g/mol. The molecule has 11 nitrogen and oxygen atoms in total. The van der Waals surface area contributed by atoms with Crippen LogP contribution in [0.5, 0.6) is 17.2 Å². The van der Waals surface area contributed by atoms with Crippen LogP contribution in [0.25, 0.3) is 5.69 Å². The molecule has 0 saturated carbocycles. The number of halogens is 1. The van der Waals surface area contributed by atoms with Crippen molar-refractivity contribution in [3.05, 3.63) is 93.6 Å². The number of morpholine rings is 1. The molecule has 2 amide bonds. The van der Waals surface area contributed by atoms with Crippen molar-refractivity contribution >= 4 is 34.0 Å². The third-order valence-electron chi connectivity index (χ3n) is 7.08. The molecule has 0 atom stereocenters. The lowest BCUT2D eigenvalue weighted by atomic mass is 10.2. The first-order valence-electron chi connectivity index (χ1n) is 14.6. The Morgan fingerprint density at radius 3 is 2.38 bits per heavy atom. The minimum absolute atomic E-state index is 0.0995. The van der Waals surface area contributed by atoms with Crippen molar-refractivity contribution in [2.75, 3.05) is 39.5 Å². The molecule has 1 fully saturated rings. The van der Waals surface area contributed by atoms with E-state index >= 15 is 0 Å². The van der Waals surface area contributed by atoms with Gasteiger partial charge in [-0.05, 0) is 97.4 Å². The fourth-order valence-electron chi connectivity index (χ4n) is 4.79. The van der Waals surface area contributed by atoms with Crippen LogP contribution in [-0.2, 0) is 16.1 Å². The maximum atomic E-state index is 12.7. The molecular weight excluding hydrogens is 644 g/mol. The number of aromatic nitrogens is 1. The van der Waals surface area contributed by atoms with Crippen LogP contribution >= 0.6 is 15.9 Å². The Morgan fingerprint density at radius 2 is 1.67 bits per heavy atom. The van der Waals surface area contributed by atoms with Gasteiger partial charge in [-0.25, -0.2) is 5.43 Å². The van der Waals surface area contributed by atoms with E-state index in [1.165, 1.54) is 6.21 Å². The van der Waals surface area contributed by atoms with Crippen molar-refractivity contribution in [1.82, 2.24) is 14.9 Å². The van der Waals surface area contributed by atoms with E-state index in [0.717, 1.165) is 17.1 Å². The molecule has 12 heteroatoms. The molecule has 2 aromatic heterocycles. The number of carbonyl (C=O) groups is 2. The summed E-state index contributed by atoms with van der Waals surface area (Å²) in [7, 11) is 0. The van der Waals surface area contributed by atoms with Gasteiger partial charge in [-0.2, -0.15) is 5.10 Å². The summed E-state index contributed by atoms with van der Waals surface area (Å²) >= 11 is 3.50. The van der Waals surface area contributed by atoms with Crippen LogP contribution in [-0.4, -0.2) is 67.0 Å². The van der Waals surface area contributed by atoms with E-state index in [-0.39, 0.29) is 24.9 Å². The molecule has 1 aliphatic heterocycles. The van der Waals surface area contributed by atoms with Gasteiger partial charge in [0.1, 0.15) is 18.1 Å². The topological polar surface area (TPSA) is 117 Å². The van der Waals surface area contributed by atoms with Crippen molar-refractivity contribution in [3.8, 4) is 22.9 Å². The monoisotopic (exact) mass is 678 g/mol. The quantitative estimate of drug-likeness (QED) is 0.157. The third kappa shape index (κ3) is 8.14. The van der Waals surface area contributed by atoms with Gasteiger partial charge in [0.15, 0.2) is 23.9 Å². The van der Waals surface area contributed by atoms with Crippen molar-refractivity contribution in [3.63, 3.8) is 0 Å². The molecular formula is C33H35BrN4O7. The Kier molecular flexibility index (Phi) is 10.6. The SMILES string of the molecule is CCOc1cc(/C=N/NC(=O)c2ccc(COc3ccc(-n4c(C)ccc4C)cc3)o2)c(Br)cc1OCC(=O)N1CCOCC1. The van der Waals surface area contributed by atoms with E-state index in [0.29, 0.717) is 66.0 Å². The molecule has 0 spiro atoms. The van der Waals surface area contributed by atoms with Crippen LogP contribution in [0.15, 0.2) is 74.7 Å². The zero-order valence-corrected chi connectivity index (χ0v) is 27.0. The number of furan rings is 1. The number of rotatable bonds is 12. The number of amides is 2. The summed E-state index contributed by atoms with van der Waals surface area (Å²) in [5, 5.41) is 4.07. The average Bonchev–Trinajstić information content (AvgIpc) is 3.67. The Morgan fingerprint density at radius 1 is 0.956 bits per heavy atom. The van der Waals surface area contributed by atoms with Crippen LogP contribution < -0.4 is 19.6 Å². The summed E-state index contributed by atoms with van der Waals surface area (Å²) in [6.45, 7) is 8.55. The number of nitrogens with one attached hydrogen (secondary N) is 1. The van der Waals surface area contributed by atoms with Gasteiger partial charge in [0.25, 0.3) is 5.91 Å². The van der Waals surface area contributed by atoms with E-state index in [4.69, 9.17) is 23.4 Å². The molecule has 0 unspecified atom stereocenters. The molecule has 0 bridgehead atoms. The van der Waals surface area contributed by atoms with Crippen molar-refractivity contribution in [1.29, 1.82) is 0 Å². The van der Waals surface area contributed by atoms with Crippen LogP contribution in [0.1, 0.15) is 40.2 Å². The van der Waals surface area contributed by atoms with E-state index in [1.54, 1.807) is 29.2 Å². The molecule has 0 aliphatic carbocycles. The summed E-state index contributed by atoms with van der Waals surface area (Å²) in [6, 6.07) is 18.6. The first-order chi connectivity index (χ1) is 21.8. The Labute approximate surface area is 269 Å². The number of hydrazone groups is 1. The van der Waals surface area contributed by atoms with E-state index in [2.05, 4.69) is 57.0 Å². The Balaban J connectivity index is 1.14. The predicted molar refractivity (Wildman–Crippen MR) is 172 cm³/mol. The number of hydrogen-bond acceptors (Lipinski definition) is 8. The van der Waals surface area contributed by atoms with Crippen LogP contribution in [0.4, 0.5) is 0 Å². The number of carbonyl (C=O) groups excluding carboxylic acids is 2. The van der Waals surface area contributed by atoms with E-state index < -0.39 is 5.91 Å². The lowest BCUT2D eigenvalue weighted by Gasteiger charge is -2.26. The molecule has 5 rings (SSSR count). The fourth-order valence-corrected chi connectivity index (χ4v) is 5.21. The second kappa shape index (κ2) is 15.0. The lowest BCUT2D eigenvalue weighted by Crippen LogP contribution is -2.43. The maximum absolute atomic E-state index is 12.7. The number of hydrogen-bond donors (Lipinski definition) is 1. The van der Waals surface area contributed by atoms with Crippen LogP contribution in [0.2, 0.25) is 0 Å². The van der Waals surface area contributed by atoms with Gasteiger partial charge in [-0.1, -0.05) is 0 Å². The lowest BCUT2D eigenvalue weighted by molar-refractivity contribution is -0.137. The van der Waals surface area contributed by atoms with Crippen LogP contribution in [0.3, 0.4) is 0 Å². The second-order valence-corrected chi connectivity index (χ2v) is 11.1.